The van der Waals surface area contributed by atoms with Gasteiger partial charge >= 0.3 is 0 Å². The van der Waals surface area contributed by atoms with Gasteiger partial charge in [-0.3, -0.25) is 0 Å². The van der Waals surface area contributed by atoms with Gasteiger partial charge in [0.15, 0.2) is 0 Å². The van der Waals surface area contributed by atoms with E-state index in [0.29, 0.717) is 17.6 Å². The maximum atomic E-state index is 10.5. The summed E-state index contributed by atoms with van der Waals surface area (Å²) < 4.78 is 0. The standard InChI is InChI=1S/C22H36OS/c1-15(2)9-8-10-18(7)11-12-24-19-13-20(16(3)4)22(23)21(14-19)17(5)6/h9,13-14,16-18,23H,8,10-12H2,1-7H3. The molecule has 1 nitrogen and oxygen atoms in total. The second-order valence-corrected chi connectivity index (χ2v) is 9.03. The Morgan fingerprint density at radius 1 is 1.00 bits per heavy atom. The van der Waals surface area contributed by atoms with Crippen LogP contribution in [0.4, 0.5) is 0 Å². The molecular formula is C22H36OS. The van der Waals surface area contributed by atoms with Crippen LogP contribution in [0, 0.1) is 5.92 Å². The van der Waals surface area contributed by atoms with E-state index >= 15 is 0 Å². The number of hydrogen-bond donors (Lipinski definition) is 1. The van der Waals surface area contributed by atoms with Crippen LogP contribution in [0.1, 0.15) is 90.7 Å². The second-order valence-electron chi connectivity index (χ2n) is 7.86. The molecule has 0 saturated carbocycles. The van der Waals surface area contributed by atoms with Crippen molar-refractivity contribution < 1.29 is 5.11 Å². The third kappa shape index (κ3) is 6.93. The van der Waals surface area contributed by atoms with Crippen LogP contribution in [-0.4, -0.2) is 10.9 Å². The van der Waals surface area contributed by atoms with Crippen LogP contribution in [0.5, 0.6) is 5.75 Å². The van der Waals surface area contributed by atoms with E-state index in [1.54, 1.807) is 0 Å². The van der Waals surface area contributed by atoms with Crippen molar-refractivity contribution in [2.24, 2.45) is 5.92 Å². The van der Waals surface area contributed by atoms with Gasteiger partial charge in [-0.2, -0.15) is 0 Å². The molecule has 1 unspecified atom stereocenters. The summed E-state index contributed by atoms with van der Waals surface area (Å²) in [6, 6.07) is 4.37. The van der Waals surface area contributed by atoms with E-state index in [-0.39, 0.29) is 0 Å². The molecule has 1 N–H and O–H groups in total. The first kappa shape index (κ1) is 21.2. The Balaban J connectivity index is 2.66. The Kier molecular flexibility index (Phi) is 8.97. The van der Waals surface area contributed by atoms with Crippen LogP contribution >= 0.6 is 11.8 Å². The lowest BCUT2D eigenvalue weighted by molar-refractivity contribution is 0.453. The zero-order valence-electron chi connectivity index (χ0n) is 16.6. The highest BCUT2D eigenvalue weighted by Crippen LogP contribution is 2.37. The van der Waals surface area contributed by atoms with Crippen LogP contribution in [0.3, 0.4) is 0 Å². The average Bonchev–Trinajstić information content (AvgIpc) is 2.47. The van der Waals surface area contributed by atoms with Crippen molar-refractivity contribution in [3.63, 3.8) is 0 Å². The molecule has 0 heterocycles. The minimum atomic E-state index is 0.353. The number of phenolic OH excluding ortho intramolecular Hbond substituents is 1. The largest absolute Gasteiger partial charge is 0.507 e. The molecule has 0 aliphatic carbocycles. The average molecular weight is 349 g/mol. The minimum Gasteiger partial charge on any atom is -0.507 e. The number of thioether (sulfide) groups is 1. The van der Waals surface area contributed by atoms with Crippen LogP contribution < -0.4 is 0 Å². The number of allylic oxidation sites excluding steroid dienone is 2. The Hall–Kier alpha value is -0.890. The Morgan fingerprint density at radius 3 is 2.00 bits per heavy atom. The van der Waals surface area contributed by atoms with Gasteiger partial charge in [-0.15, -0.1) is 11.8 Å². The summed E-state index contributed by atoms with van der Waals surface area (Å²) in [5.74, 6) is 3.12. The topological polar surface area (TPSA) is 20.2 Å². The third-order valence-electron chi connectivity index (χ3n) is 4.48. The van der Waals surface area contributed by atoms with E-state index in [1.165, 1.54) is 29.7 Å². The second kappa shape index (κ2) is 10.2. The summed E-state index contributed by atoms with van der Waals surface area (Å²) in [6.45, 7) is 15.3. The highest BCUT2D eigenvalue weighted by molar-refractivity contribution is 7.99. The van der Waals surface area contributed by atoms with E-state index in [0.717, 1.165) is 22.8 Å². The maximum absolute atomic E-state index is 10.5. The van der Waals surface area contributed by atoms with E-state index in [2.05, 4.69) is 66.7 Å². The molecule has 24 heavy (non-hydrogen) atoms. The first-order valence-electron chi connectivity index (χ1n) is 9.35. The lowest BCUT2D eigenvalue weighted by Crippen LogP contribution is -1.98. The highest BCUT2D eigenvalue weighted by Gasteiger charge is 2.15. The van der Waals surface area contributed by atoms with Gasteiger partial charge in [-0.05, 0) is 79.9 Å². The number of aromatic hydroxyl groups is 1. The quantitative estimate of drug-likeness (QED) is 0.368. The Bertz CT molecular complexity index is 510. The summed E-state index contributed by atoms with van der Waals surface area (Å²) >= 11 is 1.93. The molecule has 1 aromatic rings. The molecular weight excluding hydrogens is 312 g/mol. The van der Waals surface area contributed by atoms with Crippen LogP contribution in [0.15, 0.2) is 28.7 Å². The molecule has 0 spiro atoms. The van der Waals surface area contributed by atoms with Gasteiger partial charge in [0.2, 0.25) is 0 Å². The normalized spacial score (nSPS) is 12.7. The van der Waals surface area contributed by atoms with Crippen molar-refractivity contribution in [2.75, 3.05) is 5.75 Å². The van der Waals surface area contributed by atoms with Crippen molar-refractivity contribution in [3.8, 4) is 5.75 Å². The summed E-state index contributed by atoms with van der Waals surface area (Å²) in [5.41, 5.74) is 3.59. The van der Waals surface area contributed by atoms with Gasteiger partial charge in [0, 0.05) is 4.90 Å². The van der Waals surface area contributed by atoms with E-state index in [4.69, 9.17) is 0 Å². The fraction of sp³-hybridized carbons (Fsp3) is 0.636. The summed E-state index contributed by atoms with van der Waals surface area (Å²) in [4.78, 5) is 1.30. The molecule has 0 aromatic heterocycles. The number of phenols is 1. The number of benzene rings is 1. The van der Waals surface area contributed by atoms with E-state index in [9.17, 15) is 5.11 Å². The molecule has 0 radical (unpaired) electrons. The Morgan fingerprint density at radius 2 is 1.54 bits per heavy atom. The molecule has 0 saturated heterocycles. The van der Waals surface area contributed by atoms with Crippen LogP contribution in [-0.2, 0) is 0 Å². The summed E-state index contributed by atoms with van der Waals surface area (Å²) in [7, 11) is 0. The zero-order chi connectivity index (χ0) is 18.3. The molecule has 2 heteroatoms. The summed E-state index contributed by atoms with van der Waals surface area (Å²) in [6.07, 6.45) is 6.06. The monoisotopic (exact) mass is 348 g/mol. The molecule has 1 rings (SSSR count). The van der Waals surface area contributed by atoms with Gasteiger partial charge in [0.05, 0.1) is 0 Å². The first-order chi connectivity index (χ1) is 11.2. The smallest absolute Gasteiger partial charge is 0.122 e. The van der Waals surface area contributed by atoms with Gasteiger partial charge in [0.1, 0.15) is 5.75 Å². The molecule has 0 bridgehead atoms. The molecule has 0 aliphatic heterocycles. The van der Waals surface area contributed by atoms with Crippen molar-refractivity contribution in [3.05, 3.63) is 34.9 Å². The predicted molar refractivity (Wildman–Crippen MR) is 109 cm³/mol. The minimum absolute atomic E-state index is 0.353. The number of hydrogen-bond acceptors (Lipinski definition) is 2. The lowest BCUT2D eigenvalue weighted by Gasteiger charge is -2.17. The first-order valence-corrected chi connectivity index (χ1v) is 10.3. The van der Waals surface area contributed by atoms with Crippen molar-refractivity contribution >= 4 is 11.8 Å². The van der Waals surface area contributed by atoms with Gasteiger partial charge < -0.3 is 5.11 Å². The number of rotatable bonds is 9. The van der Waals surface area contributed by atoms with Gasteiger partial charge in [-0.1, -0.05) is 46.3 Å². The zero-order valence-corrected chi connectivity index (χ0v) is 17.5. The van der Waals surface area contributed by atoms with Crippen molar-refractivity contribution in [2.45, 2.75) is 84.5 Å². The van der Waals surface area contributed by atoms with Crippen LogP contribution in [0.2, 0.25) is 0 Å². The highest BCUT2D eigenvalue weighted by atomic mass is 32.2. The predicted octanol–water partition coefficient (Wildman–Crippen LogP) is 7.50. The van der Waals surface area contributed by atoms with Gasteiger partial charge in [0.25, 0.3) is 0 Å². The van der Waals surface area contributed by atoms with Gasteiger partial charge in [-0.25, -0.2) is 0 Å². The van der Waals surface area contributed by atoms with Crippen molar-refractivity contribution in [1.82, 2.24) is 0 Å². The fourth-order valence-electron chi connectivity index (χ4n) is 2.79. The van der Waals surface area contributed by atoms with Crippen LogP contribution in [0.25, 0.3) is 0 Å². The molecule has 0 amide bonds. The third-order valence-corrected chi connectivity index (χ3v) is 5.49. The SMILES string of the molecule is CC(C)=CCCC(C)CCSc1cc(C(C)C)c(O)c(C(C)C)c1. The molecule has 136 valence electrons. The van der Waals surface area contributed by atoms with Crippen molar-refractivity contribution in [1.29, 1.82) is 0 Å². The molecule has 0 fully saturated rings. The van der Waals surface area contributed by atoms with E-state index in [1.807, 2.05) is 11.8 Å². The summed E-state index contributed by atoms with van der Waals surface area (Å²) in [5, 5.41) is 10.5. The lowest BCUT2D eigenvalue weighted by atomic mass is 9.94. The Labute approximate surface area is 153 Å². The fourth-order valence-corrected chi connectivity index (χ4v) is 3.97. The molecule has 0 aliphatic rings. The van der Waals surface area contributed by atoms with E-state index < -0.39 is 0 Å². The molecule has 1 aromatic carbocycles. The maximum Gasteiger partial charge on any atom is 0.122 e. The molecule has 1 atom stereocenters.